The summed E-state index contributed by atoms with van der Waals surface area (Å²) in [7, 11) is 0. The average Bonchev–Trinajstić information content (AvgIpc) is 2.45. The zero-order valence-corrected chi connectivity index (χ0v) is 11.8. The lowest BCUT2D eigenvalue weighted by atomic mass is 10.4. The standard InChI is InChI=1S/C16H16S2/c1-3-9-15(10-4-1)17-13-7-8-14-18-16-11-5-2-6-12-16/h1-12H,13-14H2. The van der Waals surface area contributed by atoms with Gasteiger partial charge in [-0.1, -0.05) is 48.6 Å². The van der Waals surface area contributed by atoms with Crippen LogP contribution in [0.1, 0.15) is 0 Å². The molecule has 2 aromatic rings. The Morgan fingerprint density at radius 3 is 1.39 bits per heavy atom. The SMILES string of the molecule is C(=CCSc1ccccc1)CSc1ccccc1. The molecule has 18 heavy (non-hydrogen) atoms. The van der Waals surface area contributed by atoms with Gasteiger partial charge in [0.25, 0.3) is 0 Å². The molecule has 2 rings (SSSR count). The summed E-state index contributed by atoms with van der Waals surface area (Å²) in [5, 5.41) is 0. The minimum absolute atomic E-state index is 1.04. The van der Waals surface area contributed by atoms with Gasteiger partial charge < -0.3 is 0 Å². The molecule has 0 fully saturated rings. The summed E-state index contributed by atoms with van der Waals surface area (Å²) in [6.45, 7) is 0. The minimum atomic E-state index is 1.04. The van der Waals surface area contributed by atoms with Crippen molar-refractivity contribution in [2.24, 2.45) is 0 Å². The van der Waals surface area contributed by atoms with Crippen LogP contribution in [0.5, 0.6) is 0 Å². The highest BCUT2D eigenvalue weighted by atomic mass is 32.2. The monoisotopic (exact) mass is 272 g/mol. The molecule has 92 valence electrons. The lowest BCUT2D eigenvalue weighted by molar-refractivity contribution is 1.45. The van der Waals surface area contributed by atoms with Crippen molar-refractivity contribution in [3.63, 3.8) is 0 Å². The minimum Gasteiger partial charge on any atom is -0.122 e. The van der Waals surface area contributed by atoms with E-state index in [0.29, 0.717) is 0 Å². The van der Waals surface area contributed by atoms with Gasteiger partial charge in [-0.05, 0) is 24.3 Å². The molecule has 0 heterocycles. The molecular weight excluding hydrogens is 256 g/mol. The van der Waals surface area contributed by atoms with Gasteiger partial charge in [0, 0.05) is 21.3 Å². The lowest BCUT2D eigenvalue weighted by Gasteiger charge is -1.97. The number of benzene rings is 2. The molecule has 0 aliphatic heterocycles. The Labute approximate surface area is 118 Å². The molecule has 0 saturated heterocycles. The molecule has 0 spiro atoms. The topological polar surface area (TPSA) is 0 Å². The molecule has 0 amide bonds. The fraction of sp³-hybridized carbons (Fsp3) is 0.125. The Balaban J connectivity index is 1.64. The average molecular weight is 272 g/mol. The second kappa shape index (κ2) is 8.06. The van der Waals surface area contributed by atoms with Gasteiger partial charge in [0.15, 0.2) is 0 Å². The normalized spacial score (nSPS) is 10.9. The summed E-state index contributed by atoms with van der Waals surface area (Å²) in [4.78, 5) is 2.66. The largest absolute Gasteiger partial charge is 0.122 e. The molecule has 0 saturated carbocycles. The van der Waals surface area contributed by atoms with E-state index in [1.165, 1.54) is 9.79 Å². The van der Waals surface area contributed by atoms with Gasteiger partial charge in [-0.3, -0.25) is 0 Å². The van der Waals surface area contributed by atoms with Gasteiger partial charge in [-0.2, -0.15) is 0 Å². The van der Waals surface area contributed by atoms with Gasteiger partial charge in [-0.15, -0.1) is 23.5 Å². The van der Waals surface area contributed by atoms with E-state index < -0.39 is 0 Å². The Hall–Kier alpha value is -1.12. The Kier molecular flexibility index (Phi) is 5.97. The van der Waals surface area contributed by atoms with Crippen LogP contribution in [0.15, 0.2) is 82.6 Å². The zero-order valence-electron chi connectivity index (χ0n) is 10.2. The van der Waals surface area contributed by atoms with Crippen molar-refractivity contribution < 1.29 is 0 Å². The number of hydrogen-bond acceptors (Lipinski definition) is 2. The number of hydrogen-bond donors (Lipinski definition) is 0. The first-order chi connectivity index (χ1) is 8.95. The van der Waals surface area contributed by atoms with E-state index in [2.05, 4.69) is 72.8 Å². The van der Waals surface area contributed by atoms with Crippen LogP contribution in [0, 0.1) is 0 Å². The smallest absolute Gasteiger partial charge is 0.0161 e. The summed E-state index contributed by atoms with van der Waals surface area (Å²) in [6, 6.07) is 21.0. The Bertz CT molecular complexity index is 417. The van der Waals surface area contributed by atoms with E-state index in [-0.39, 0.29) is 0 Å². The lowest BCUT2D eigenvalue weighted by Crippen LogP contribution is -1.76. The molecule has 0 unspecified atom stereocenters. The predicted octanol–water partition coefficient (Wildman–Crippen LogP) is 5.13. The molecular formula is C16H16S2. The highest BCUT2D eigenvalue weighted by Crippen LogP contribution is 2.18. The van der Waals surface area contributed by atoms with Gasteiger partial charge in [0.05, 0.1) is 0 Å². The predicted molar refractivity (Wildman–Crippen MR) is 83.5 cm³/mol. The first-order valence-electron chi connectivity index (χ1n) is 5.96. The van der Waals surface area contributed by atoms with Crippen molar-refractivity contribution in [2.75, 3.05) is 11.5 Å². The second-order valence-electron chi connectivity index (χ2n) is 3.72. The van der Waals surface area contributed by atoms with Crippen molar-refractivity contribution in [1.82, 2.24) is 0 Å². The quantitative estimate of drug-likeness (QED) is 0.528. The van der Waals surface area contributed by atoms with Crippen LogP contribution < -0.4 is 0 Å². The zero-order chi connectivity index (χ0) is 12.5. The van der Waals surface area contributed by atoms with Crippen molar-refractivity contribution in [3.05, 3.63) is 72.8 Å². The maximum absolute atomic E-state index is 2.24. The van der Waals surface area contributed by atoms with E-state index in [9.17, 15) is 0 Å². The summed E-state index contributed by atoms with van der Waals surface area (Å²) < 4.78 is 0. The van der Waals surface area contributed by atoms with Crippen LogP contribution in [-0.2, 0) is 0 Å². The van der Waals surface area contributed by atoms with E-state index in [0.717, 1.165) is 11.5 Å². The maximum Gasteiger partial charge on any atom is 0.0161 e. The van der Waals surface area contributed by atoms with E-state index in [4.69, 9.17) is 0 Å². The fourth-order valence-corrected chi connectivity index (χ4v) is 3.01. The summed E-state index contributed by atoms with van der Waals surface area (Å²) in [5.74, 6) is 2.08. The molecule has 0 bridgehead atoms. The molecule has 0 atom stereocenters. The molecule has 0 N–H and O–H groups in total. The van der Waals surface area contributed by atoms with Crippen LogP contribution in [-0.4, -0.2) is 11.5 Å². The second-order valence-corrected chi connectivity index (χ2v) is 5.91. The van der Waals surface area contributed by atoms with Gasteiger partial charge >= 0.3 is 0 Å². The van der Waals surface area contributed by atoms with Crippen LogP contribution in [0.4, 0.5) is 0 Å². The van der Waals surface area contributed by atoms with E-state index in [1.807, 2.05) is 23.5 Å². The molecule has 0 aliphatic carbocycles. The van der Waals surface area contributed by atoms with Crippen LogP contribution in [0.2, 0.25) is 0 Å². The van der Waals surface area contributed by atoms with Crippen molar-refractivity contribution in [3.8, 4) is 0 Å². The van der Waals surface area contributed by atoms with E-state index >= 15 is 0 Å². The number of rotatable bonds is 6. The van der Waals surface area contributed by atoms with Crippen molar-refractivity contribution in [1.29, 1.82) is 0 Å². The third kappa shape index (κ3) is 5.03. The van der Waals surface area contributed by atoms with Gasteiger partial charge in [0.1, 0.15) is 0 Å². The van der Waals surface area contributed by atoms with Gasteiger partial charge in [0.2, 0.25) is 0 Å². The fourth-order valence-electron chi connectivity index (χ4n) is 1.46. The third-order valence-corrected chi connectivity index (χ3v) is 4.27. The summed E-state index contributed by atoms with van der Waals surface area (Å²) in [6.07, 6.45) is 4.49. The first-order valence-corrected chi connectivity index (χ1v) is 7.93. The molecule has 2 heteroatoms. The third-order valence-electron chi connectivity index (χ3n) is 2.35. The molecule has 0 aliphatic rings. The van der Waals surface area contributed by atoms with Crippen LogP contribution in [0.3, 0.4) is 0 Å². The molecule has 0 nitrogen and oxygen atoms in total. The Morgan fingerprint density at radius 1 is 0.611 bits per heavy atom. The molecule has 0 radical (unpaired) electrons. The van der Waals surface area contributed by atoms with Crippen LogP contribution in [0.25, 0.3) is 0 Å². The molecule has 0 aromatic heterocycles. The molecule has 2 aromatic carbocycles. The highest BCUT2D eigenvalue weighted by molar-refractivity contribution is 7.99. The summed E-state index contributed by atoms with van der Waals surface area (Å²) in [5.41, 5.74) is 0. The van der Waals surface area contributed by atoms with E-state index in [1.54, 1.807) is 0 Å². The number of thioether (sulfide) groups is 2. The summed E-state index contributed by atoms with van der Waals surface area (Å²) >= 11 is 3.74. The van der Waals surface area contributed by atoms with Crippen LogP contribution >= 0.6 is 23.5 Å². The highest BCUT2D eigenvalue weighted by Gasteiger charge is 1.90. The van der Waals surface area contributed by atoms with Gasteiger partial charge in [-0.25, -0.2) is 0 Å². The first kappa shape index (κ1) is 13.3. The van der Waals surface area contributed by atoms with Crippen molar-refractivity contribution >= 4 is 23.5 Å². The maximum atomic E-state index is 2.24. The van der Waals surface area contributed by atoms with Crippen molar-refractivity contribution in [2.45, 2.75) is 9.79 Å². The Morgan fingerprint density at radius 2 is 1.00 bits per heavy atom.